The van der Waals surface area contributed by atoms with Gasteiger partial charge in [0.2, 0.25) is 0 Å². The zero-order chi connectivity index (χ0) is 86.1. The van der Waals surface area contributed by atoms with E-state index in [4.69, 9.17) is 44.5 Å². The number of hydrogen-bond donors (Lipinski definition) is 0. The lowest BCUT2D eigenvalue weighted by atomic mass is 9.96. The van der Waals surface area contributed by atoms with Crippen LogP contribution in [0.15, 0.2) is 377 Å². The van der Waals surface area contributed by atoms with E-state index in [1.807, 2.05) is 97.1 Å². The molecule has 16 aromatic carbocycles. The van der Waals surface area contributed by atoms with Crippen LogP contribution in [0.2, 0.25) is 0 Å². The Morgan fingerprint density at radius 3 is 0.659 bits per heavy atom. The Morgan fingerprint density at radius 2 is 0.460 bits per heavy atom. The summed E-state index contributed by atoms with van der Waals surface area (Å²) in [6.45, 7) is 8.54. The number of nitriles is 1. The van der Waals surface area contributed by atoms with Crippen LogP contribution in [-0.4, -0.2) is 56.9 Å². The number of nitrogens with zero attached hydrogens (tertiary/aromatic N) is 8. The lowest BCUT2D eigenvalue weighted by Gasteiger charge is -2.35. The van der Waals surface area contributed by atoms with Crippen LogP contribution < -0.4 is 67.3 Å². The first kappa shape index (κ1) is 79.9. The number of methoxy groups -OCH3 is 8. The smallest absolute Gasteiger partial charge is 0.270 e. The fraction of sp³-hybridized carbons (Fsp3) is 0.0741. The predicted molar refractivity (Wildman–Crippen MR) is 510 cm³/mol. The summed E-state index contributed by atoms with van der Waals surface area (Å²) in [5.74, 6) is 6.08. The molecule has 2 aliphatic heterocycles. The number of ether oxygens (including phenoxy) is 8. The van der Waals surface area contributed by atoms with Crippen molar-refractivity contribution in [2.45, 2.75) is 19.6 Å². The second-order valence-electron chi connectivity index (χ2n) is 30.0. The minimum Gasteiger partial charge on any atom is -0.497 e. The molecule has 0 unspecified atom stereocenters. The molecule has 614 valence electrons. The van der Waals surface area contributed by atoms with Crippen LogP contribution in [0.25, 0.3) is 43.8 Å². The van der Waals surface area contributed by atoms with E-state index in [9.17, 15) is 5.26 Å². The molecule has 0 amide bonds. The Hall–Kier alpha value is -15.9. The molecule has 18 heteroatoms. The second-order valence-corrected chi connectivity index (χ2v) is 32.1. The van der Waals surface area contributed by atoms with E-state index in [2.05, 4.69) is 295 Å². The molecule has 0 saturated carbocycles. The van der Waals surface area contributed by atoms with Gasteiger partial charge in [0.25, 0.3) is 5.70 Å². The maximum atomic E-state index is 10.9. The molecule has 3 aliphatic rings. The standard InChI is InChI=1S/C108H82N8O8S2/c1-110-99(68-109)108-97-62-71(69-10-16-81(17-11-69)115-100-58-36-83(111(73-20-40-87(117-2)41-21-73)74-22-42-88(118-3)43-23-74)64-104(100)125-105-65-84(37-59-101(105)115)112(75-24-44-89(119-4)45-25-75)76-26-46-90(120-5)47-27-76)14-56-95(97)96-57-15-72(63-98(96)108)70-12-18-82(19-13-70)116-102-60-38-85(113(77-28-48-91(121-6)49-29-77)78-30-50-92(122-7)51-31-78)66-106(102)126-107-67-86(39-61-103(107)116)114(79-32-52-93(123-8)53-33-79)80-34-54-94(124-9)55-35-80/h10-67H,2-9H3. The average molecular weight is 1680 g/mol. The van der Waals surface area contributed by atoms with Crippen LogP contribution in [0.5, 0.6) is 46.0 Å². The lowest BCUT2D eigenvalue weighted by Crippen LogP contribution is -2.17. The fourth-order valence-electron chi connectivity index (χ4n) is 16.8. The summed E-state index contributed by atoms with van der Waals surface area (Å²) in [7, 11) is 13.4. The first-order chi connectivity index (χ1) is 61.9. The predicted octanol–water partition coefficient (Wildman–Crippen LogP) is 29.0. The first-order valence-electron chi connectivity index (χ1n) is 40.8. The number of benzene rings is 16. The first-order valence-corrected chi connectivity index (χ1v) is 42.4. The second kappa shape index (κ2) is 34.6. The van der Waals surface area contributed by atoms with Crippen molar-refractivity contribution >= 4 is 131 Å². The maximum Gasteiger partial charge on any atom is 0.270 e. The van der Waals surface area contributed by atoms with Crippen molar-refractivity contribution in [3.63, 3.8) is 0 Å². The van der Waals surface area contributed by atoms with Crippen LogP contribution in [0.4, 0.5) is 102 Å². The number of fused-ring (bicyclic) bond motifs is 7. The van der Waals surface area contributed by atoms with Gasteiger partial charge in [-0.05, 0) is 348 Å². The molecule has 16 nitrogen and oxygen atoms in total. The third kappa shape index (κ3) is 15.2. The molecule has 19 rings (SSSR count). The summed E-state index contributed by atoms with van der Waals surface area (Å²) in [5.41, 5.74) is 25.4. The lowest BCUT2D eigenvalue weighted by molar-refractivity contribution is 0.414. The third-order valence-corrected chi connectivity index (χ3v) is 25.3. The molecule has 126 heavy (non-hydrogen) atoms. The van der Waals surface area contributed by atoms with Gasteiger partial charge in [-0.2, -0.15) is 0 Å². The molecule has 0 spiro atoms. The van der Waals surface area contributed by atoms with Gasteiger partial charge in [0.1, 0.15) is 46.0 Å². The van der Waals surface area contributed by atoms with E-state index in [1.165, 1.54) is 0 Å². The van der Waals surface area contributed by atoms with Crippen LogP contribution in [0.3, 0.4) is 0 Å². The van der Waals surface area contributed by atoms with Crippen molar-refractivity contribution in [2.75, 3.05) is 86.3 Å². The average Bonchev–Trinajstić information content (AvgIpc) is 1.31. The Morgan fingerprint density at radius 1 is 0.254 bits per heavy atom. The zero-order valence-electron chi connectivity index (χ0n) is 70.1. The van der Waals surface area contributed by atoms with E-state index < -0.39 is 0 Å². The highest BCUT2D eigenvalue weighted by Gasteiger charge is 2.33. The monoisotopic (exact) mass is 1680 g/mol. The molecule has 0 N–H and O–H groups in total. The highest BCUT2D eigenvalue weighted by atomic mass is 32.2. The Bertz CT molecular complexity index is 5990. The highest BCUT2D eigenvalue weighted by molar-refractivity contribution is 8.00. The van der Waals surface area contributed by atoms with E-state index >= 15 is 0 Å². The molecule has 16 aromatic rings. The van der Waals surface area contributed by atoms with Gasteiger partial charge in [-0.15, -0.1) is 0 Å². The third-order valence-electron chi connectivity index (χ3n) is 23.1. The van der Waals surface area contributed by atoms with Crippen LogP contribution >= 0.6 is 23.5 Å². The molecule has 0 saturated heterocycles. The van der Waals surface area contributed by atoms with Gasteiger partial charge in [0.05, 0.1) is 92.3 Å². The largest absolute Gasteiger partial charge is 0.497 e. The Balaban J connectivity index is 0.667. The quantitative estimate of drug-likeness (QED) is 0.0421. The van der Waals surface area contributed by atoms with E-state index in [0.29, 0.717) is 5.57 Å². The van der Waals surface area contributed by atoms with Gasteiger partial charge in [0.15, 0.2) is 0 Å². The van der Waals surface area contributed by atoms with Gasteiger partial charge >= 0.3 is 0 Å². The SMILES string of the molecule is [C-]#[N+]C(C#N)=C1c2cc(-c3ccc(N4c5ccc(N(c6ccc(OC)cc6)c6ccc(OC)cc6)cc5Sc5cc(N(c6ccc(OC)cc6)c6ccc(OC)cc6)ccc54)cc3)ccc2-c2ccc(-c3ccc(N4c5ccc(N(c6ccc(OC)cc6)c6ccc(OC)cc6)cc5Sc5cc(N(c6ccc(OC)cc6)c6ccc(OC)cc6)ccc54)cc3)cc21. The van der Waals surface area contributed by atoms with Crippen molar-refractivity contribution in [2.24, 2.45) is 0 Å². The highest BCUT2D eigenvalue weighted by Crippen LogP contribution is 2.59. The number of allylic oxidation sites excluding steroid dienone is 1. The van der Waals surface area contributed by atoms with Crippen LogP contribution in [0.1, 0.15) is 11.1 Å². The summed E-state index contributed by atoms with van der Waals surface area (Å²) >= 11 is 3.46. The number of rotatable bonds is 24. The normalized spacial score (nSPS) is 11.8. The topological polar surface area (TPSA) is 121 Å². The zero-order valence-corrected chi connectivity index (χ0v) is 71.8. The minimum absolute atomic E-state index is 0.0210. The van der Waals surface area contributed by atoms with Crippen molar-refractivity contribution in [1.29, 1.82) is 5.26 Å². The number of hydrogen-bond acceptors (Lipinski definition) is 17. The molecular formula is C108H82N8O8S2. The van der Waals surface area contributed by atoms with E-state index in [0.717, 1.165) is 212 Å². The van der Waals surface area contributed by atoms with Gasteiger partial charge < -0.3 is 67.3 Å². The van der Waals surface area contributed by atoms with Crippen molar-refractivity contribution in [3.8, 4) is 85.4 Å². The Labute approximate surface area is 741 Å². The molecule has 2 heterocycles. The summed E-state index contributed by atoms with van der Waals surface area (Å²) in [6, 6.07) is 124. The van der Waals surface area contributed by atoms with Gasteiger partial charge in [-0.3, -0.25) is 0 Å². The Kier molecular flexibility index (Phi) is 21.9. The molecule has 0 aromatic heterocycles. The van der Waals surface area contributed by atoms with E-state index in [-0.39, 0.29) is 5.70 Å². The van der Waals surface area contributed by atoms with Crippen molar-refractivity contribution < 1.29 is 37.9 Å². The summed E-state index contributed by atoms with van der Waals surface area (Å²) in [4.78, 5) is 21.8. The molecule has 1 aliphatic carbocycles. The van der Waals surface area contributed by atoms with Crippen molar-refractivity contribution in [1.82, 2.24) is 0 Å². The fourth-order valence-corrected chi connectivity index (χ4v) is 19.0. The maximum absolute atomic E-state index is 10.9. The van der Waals surface area contributed by atoms with E-state index in [1.54, 1.807) is 80.4 Å². The summed E-state index contributed by atoms with van der Waals surface area (Å²) in [6.07, 6.45) is 0. The molecule has 0 radical (unpaired) electrons. The molecule has 0 fully saturated rings. The summed E-state index contributed by atoms with van der Waals surface area (Å²) in [5, 5.41) is 10.9. The van der Waals surface area contributed by atoms with Crippen LogP contribution in [-0.2, 0) is 0 Å². The molecular weight excluding hydrogens is 1600 g/mol. The van der Waals surface area contributed by atoms with Gasteiger partial charge in [-0.1, -0.05) is 72.1 Å². The molecule has 0 bridgehead atoms. The molecule has 0 atom stereocenters. The van der Waals surface area contributed by atoms with Gasteiger partial charge in [0, 0.05) is 105 Å². The van der Waals surface area contributed by atoms with Crippen LogP contribution in [0, 0.1) is 17.9 Å². The minimum atomic E-state index is 0.0210. The number of anilines is 18. The summed E-state index contributed by atoms with van der Waals surface area (Å²) < 4.78 is 45.1. The van der Waals surface area contributed by atoms with Gasteiger partial charge in [-0.25, -0.2) is 10.1 Å². The van der Waals surface area contributed by atoms with Crippen molar-refractivity contribution in [3.05, 3.63) is 380 Å².